The Labute approximate surface area is 188 Å². The van der Waals surface area contributed by atoms with E-state index in [0.717, 1.165) is 10.9 Å². The molecule has 0 bridgehead atoms. The topological polar surface area (TPSA) is 112 Å². The van der Waals surface area contributed by atoms with E-state index in [4.69, 9.17) is 0 Å². The second-order valence-electron chi connectivity index (χ2n) is 9.03. The highest BCUT2D eigenvalue weighted by molar-refractivity contribution is 5.93. The van der Waals surface area contributed by atoms with E-state index in [9.17, 15) is 15.0 Å². The van der Waals surface area contributed by atoms with Crippen molar-refractivity contribution in [2.45, 2.75) is 65.1 Å². The van der Waals surface area contributed by atoms with Crippen LogP contribution in [-0.4, -0.2) is 36.9 Å². The Morgan fingerprint density at radius 3 is 2.44 bits per heavy atom. The van der Waals surface area contributed by atoms with Crippen LogP contribution in [0.2, 0.25) is 0 Å². The molecule has 0 aliphatic carbocycles. The van der Waals surface area contributed by atoms with Crippen molar-refractivity contribution in [3.8, 4) is 0 Å². The van der Waals surface area contributed by atoms with Crippen LogP contribution < -0.4 is 16.2 Å². The van der Waals surface area contributed by atoms with Crippen molar-refractivity contribution < 1.29 is 10.2 Å². The zero-order valence-corrected chi connectivity index (χ0v) is 19.4. The molecule has 0 radical (unpaired) electrons. The Kier molecular flexibility index (Phi) is 6.85. The summed E-state index contributed by atoms with van der Waals surface area (Å²) in [4.78, 5) is 22.1. The van der Waals surface area contributed by atoms with Crippen LogP contribution in [0.25, 0.3) is 10.8 Å². The highest BCUT2D eigenvalue weighted by Crippen LogP contribution is 2.31. The lowest BCUT2D eigenvalue weighted by Gasteiger charge is -2.26. The van der Waals surface area contributed by atoms with Gasteiger partial charge in [0.1, 0.15) is 17.5 Å². The third kappa shape index (κ3) is 5.08. The Hall–Kier alpha value is -2.97. The largest absolute Gasteiger partial charge is 0.395 e. The number of aliphatic hydroxyl groups is 2. The van der Waals surface area contributed by atoms with Gasteiger partial charge in [0.25, 0.3) is 5.56 Å². The van der Waals surface area contributed by atoms with E-state index in [1.807, 2.05) is 52.8 Å². The Balaban J connectivity index is 2.09. The number of rotatable bonds is 8. The first-order valence-electron chi connectivity index (χ1n) is 11.0. The monoisotopic (exact) mass is 439 g/mol. The van der Waals surface area contributed by atoms with Crippen molar-refractivity contribution in [1.82, 2.24) is 14.5 Å². The van der Waals surface area contributed by atoms with Gasteiger partial charge in [0.2, 0.25) is 0 Å². The summed E-state index contributed by atoms with van der Waals surface area (Å²) in [6.45, 7) is 10.00. The zero-order valence-electron chi connectivity index (χ0n) is 19.4. The number of hydrogen-bond donors (Lipinski definition) is 4. The highest BCUT2D eigenvalue weighted by atomic mass is 16.3. The summed E-state index contributed by atoms with van der Waals surface area (Å²) in [5.41, 5.74) is -0.647. The van der Waals surface area contributed by atoms with E-state index in [1.54, 1.807) is 18.5 Å². The molecule has 8 nitrogen and oxygen atoms in total. The standard InChI is InChI=1S/C24H33N5O3/c1-6-24(32,7-2)17-8-10-25-18(15-17)26-19-14-16-9-11-29(12-13-30)22(31)20(16)21(27-19)28-23(3,4)5/h8-11,14-15,30,32H,6-7,12-13H2,1-5H3,(H2,25,26,27,28). The zero-order chi connectivity index (χ0) is 23.5. The highest BCUT2D eigenvalue weighted by Gasteiger charge is 2.25. The first-order valence-corrected chi connectivity index (χ1v) is 11.0. The van der Waals surface area contributed by atoms with Crippen LogP contribution in [0.3, 0.4) is 0 Å². The summed E-state index contributed by atoms with van der Waals surface area (Å²) in [6.07, 6.45) is 4.53. The van der Waals surface area contributed by atoms with Gasteiger partial charge in [0, 0.05) is 24.5 Å². The normalized spacial score (nSPS) is 12.2. The molecule has 0 fully saturated rings. The molecule has 0 saturated heterocycles. The predicted octanol–water partition coefficient (Wildman–Crippen LogP) is 3.75. The molecular weight excluding hydrogens is 406 g/mol. The average molecular weight is 440 g/mol. The van der Waals surface area contributed by atoms with Crippen LogP contribution >= 0.6 is 0 Å². The van der Waals surface area contributed by atoms with E-state index in [0.29, 0.717) is 35.7 Å². The van der Waals surface area contributed by atoms with Gasteiger partial charge in [-0.2, -0.15) is 0 Å². The molecule has 0 saturated carbocycles. The van der Waals surface area contributed by atoms with Gasteiger partial charge in [-0.15, -0.1) is 0 Å². The lowest BCUT2D eigenvalue weighted by Crippen LogP contribution is -2.29. The maximum absolute atomic E-state index is 13.0. The van der Waals surface area contributed by atoms with Gasteiger partial charge in [-0.25, -0.2) is 9.97 Å². The Morgan fingerprint density at radius 2 is 1.81 bits per heavy atom. The average Bonchev–Trinajstić information content (AvgIpc) is 2.74. The minimum Gasteiger partial charge on any atom is -0.395 e. The smallest absolute Gasteiger partial charge is 0.262 e. The number of nitrogens with one attached hydrogen (secondary N) is 2. The van der Waals surface area contributed by atoms with Gasteiger partial charge in [0.15, 0.2) is 0 Å². The van der Waals surface area contributed by atoms with Gasteiger partial charge >= 0.3 is 0 Å². The van der Waals surface area contributed by atoms with Crippen LogP contribution in [-0.2, 0) is 12.1 Å². The van der Waals surface area contributed by atoms with Crippen molar-refractivity contribution in [3.63, 3.8) is 0 Å². The molecule has 8 heteroatoms. The Bertz CT molecular complexity index is 1150. The van der Waals surface area contributed by atoms with Crippen molar-refractivity contribution in [2.75, 3.05) is 17.2 Å². The molecule has 172 valence electrons. The summed E-state index contributed by atoms with van der Waals surface area (Å²) < 4.78 is 1.48. The number of pyridine rings is 3. The summed E-state index contributed by atoms with van der Waals surface area (Å²) >= 11 is 0. The number of hydrogen-bond acceptors (Lipinski definition) is 7. The third-order valence-electron chi connectivity index (χ3n) is 5.52. The molecule has 3 heterocycles. The fraction of sp³-hybridized carbons (Fsp3) is 0.458. The number of anilines is 3. The molecule has 0 aliphatic heterocycles. The summed E-state index contributed by atoms with van der Waals surface area (Å²) in [5, 5.41) is 27.9. The van der Waals surface area contributed by atoms with Crippen molar-refractivity contribution in [3.05, 3.63) is 52.6 Å². The summed E-state index contributed by atoms with van der Waals surface area (Å²) in [5.74, 6) is 1.55. The molecule has 0 aromatic carbocycles. The number of aromatic nitrogens is 3. The van der Waals surface area contributed by atoms with E-state index in [1.165, 1.54) is 4.57 Å². The number of nitrogens with zero attached hydrogens (tertiary/aromatic N) is 3. The van der Waals surface area contributed by atoms with Crippen LogP contribution in [0.1, 0.15) is 53.0 Å². The van der Waals surface area contributed by atoms with E-state index >= 15 is 0 Å². The predicted molar refractivity (Wildman–Crippen MR) is 128 cm³/mol. The van der Waals surface area contributed by atoms with Gasteiger partial charge < -0.3 is 25.4 Å². The molecule has 32 heavy (non-hydrogen) atoms. The maximum Gasteiger partial charge on any atom is 0.262 e. The van der Waals surface area contributed by atoms with Gasteiger partial charge in [0.05, 0.1) is 17.6 Å². The van der Waals surface area contributed by atoms with Crippen molar-refractivity contribution >= 4 is 28.2 Å². The van der Waals surface area contributed by atoms with E-state index in [-0.39, 0.29) is 24.2 Å². The molecule has 3 aromatic heterocycles. The molecular formula is C24H33N5O3. The Morgan fingerprint density at radius 1 is 1.09 bits per heavy atom. The lowest BCUT2D eigenvalue weighted by atomic mass is 9.89. The van der Waals surface area contributed by atoms with Crippen LogP contribution in [0, 0.1) is 0 Å². The van der Waals surface area contributed by atoms with Crippen LogP contribution in [0.15, 0.2) is 41.5 Å². The summed E-state index contributed by atoms with van der Waals surface area (Å²) in [7, 11) is 0. The second kappa shape index (κ2) is 9.26. The van der Waals surface area contributed by atoms with Gasteiger partial charge in [-0.3, -0.25) is 4.79 Å². The lowest BCUT2D eigenvalue weighted by molar-refractivity contribution is 0.0283. The maximum atomic E-state index is 13.0. The van der Waals surface area contributed by atoms with Crippen LogP contribution in [0.4, 0.5) is 17.5 Å². The molecule has 0 amide bonds. The fourth-order valence-electron chi connectivity index (χ4n) is 3.67. The molecule has 3 rings (SSSR count). The van der Waals surface area contributed by atoms with Gasteiger partial charge in [-0.1, -0.05) is 13.8 Å². The molecule has 0 spiro atoms. The first kappa shape index (κ1) is 23.7. The molecule has 0 aliphatic rings. The first-order chi connectivity index (χ1) is 15.1. The van der Waals surface area contributed by atoms with Crippen molar-refractivity contribution in [1.29, 1.82) is 0 Å². The number of aliphatic hydroxyl groups excluding tert-OH is 1. The molecule has 0 atom stereocenters. The van der Waals surface area contributed by atoms with Gasteiger partial charge in [-0.05, 0) is 68.8 Å². The minimum absolute atomic E-state index is 0.121. The van der Waals surface area contributed by atoms with E-state index in [2.05, 4.69) is 20.6 Å². The second-order valence-corrected chi connectivity index (χ2v) is 9.03. The molecule has 4 N–H and O–H groups in total. The summed E-state index contributed by atoms with van der Waals surface area (Å²) in [6, 6.07) is 7.29. The van der Waals surface area contributed by atoms with Crippen molar-refractivity contribution in [2.24, 2.45) is 0 Å². The SMILES string of the molecule is CCC(O)(CC)c1ccnc(Nc2cc3ccn(CCO)c(=O)c3c(NC(C)(C)C)n2)c1. The fourth-order valence-corrected chi connectivity index (χ4v) is 3.67. The minimum atomic E-state index is -0.910. The number of fused-ring (bicyclic) bond motifs is 1. The van der Waals surface area contributed by atoms with Crippen LogP contribution in [0.5, 0.6) is 0 Å². The van der Waals surface area contributed by atoms with E-state index < -0.39 is 5.60 Å². The molecule has 0 unspecified atom stereocenters. The molecule has 3 aromatic rings. The third-order valence-corrected chi connectivity index (χ3v) is 5.52. The quantitative estimate of drug-likeness (QED) is 0.423.